The summed E-state index contributed by atoms with van der Waals surface area (Å²) in [7, 11) is 0. The lowest BCUT2D eigenvalue weighted by Crippen LogP contribution is -2.64. The maximum Gasteiger partial charge on any atom is 0.256 e. The molecule has 0 saturated heterocycles. The van der Waals surface area contributed by atoms with Gasteiger partial charge in [0.2, 0.25) is 0 Å². The Kier molecular flexibility index (Phi) is 10.8. The molecule has 0 atom stereocenters. The Morgan fingerprint density at radius 3 is 1.13 bits per heavy atom. The molecule has 0 aliphatic carbocycles. The fourth-order valence-electron chi connectivity index (χ4n) is 14.6. The Hall–Kier alpha value is -11.8. The lowest BCUT2D eigenvalue weighted by atomic mass is 9.30. The molecule has 0 radical (unpaired) electrons. The second-order valence-electron chi connectivity index (χ2n) is 23.1. The van der Waals surface area contributed by atoms with E-state index in [1.54, 1.807) is 0 Å². The first-order valence-corrected chi connectivity index (χ1v) is 30.2. The van der Waals surface area contributed by atoms with Crippen LogP contribution in [0.3, 0.4) is 0 Å². The standard InChI is InChI=1S/C78H49B2N5O4/c1-7-25-50(26-8-1)81(51-27-9-2-10-28-51)56-43-66-74-71(45-56)86-68-40-22-19-37-58(68)79(74)59-47-60-65(49-64(59)83(66)54-33-15-5-16-34-54)84(55-35-17-6-18-36-55)67-44-57(82(52-29-11-3-12-30-52)53-31-13-4-14-32-53)46-72-75(67)80(60)61-48-73-76-78(77(61)89-72)88-70-42-24-21-39-63(70)85(76)62-38-20-23-41-69(62)87-73/h1-49H. The van der Waals surface area contributed by atoms with Crippen molar-refractivity contribution in [1.29, 1.82) is 0 Å². The van der Waals surface area contributed by atoms with Crippen LogP contribution < -0.4 is 76.2 Å². The van der Waals surface area contributed by atoms with Crippen LogP contribution in [0.5, 0.6) is 46.0 Å². The highest BCUT2D eigenvalue weighted by atomic mass is 16.5. The van der Waals surface area contributed by atoms with Gasteiger partial charge in [0.05, 0.1) is 22.7 Å². The Morgan fingerprint density at radius 1 is 0.236 bits per heavy atom. The van der Waals surface area contributed by atoms with Gasteiger partial charge in [0, 0.05) is 69.0 Å². The molecule has 0 unspecified atom stereocenters. The SMILES string of the molecule is c1ccc(N(c2ccccc2)c2cc3c4c(c2)N(c2ccccc2)c2cc5c(cc2B4c2ccccc2O3)B2c3cc4c6c(c3Oc3cc(N(c7ccccc7)c7ccccc7)cc(c32)N5c2ccccc2)Oc2ccccc2N6c2ccccc2O4)cc1. The van der Waals surface area contributed by atoms with Gasteiger partial charge in [-0.05, 0) is 160 Å². The summed E-state index contributed by atoms with van der Waals surface area (Å²) in [5, 5.41) is 0. The number of para-hydroxylation sites is 11. The molecule has 19 rings (SSSR count). The van der Waals surface area contributed by atoms with Crippen LogP contribution in [0.25, 0.3) is 0 Å². The summed E-state index contributed by atoms with van der Waals surface area (Å²) < 4.78 is 29.3. The summed E-state index contributed by atoms with van der Waals surface area (Å²) in [6.07, 6.45) is 0. The zero-order valence-corrected chi connectivity index (χ0v) is 47.8. The van der Waals surface area contributed by atoms with Crippen molar-refractivity contribution >= 4 is 132 Å². The van der Waals surface area contributed by atoms with Crippen molar-refractivity contribution < 1.29 is 18.9 Å². The van der Waals surface area contributed by atoms with Gasteiger partial charge in [-0.1, -0.05) is 158 Å². The van der Waals surface area contributed by atoms with Gasteiger partial charge in [-0.3, -0.25) is 4.90 Å². The van der Waals surface area contributed by atoms with E-state index in [0.29, 0.717) is 17.2 Å². The van der Waals surface area contributed by atoms with Crippen molar-refractivity contribution in [3.8, 4) is 46.0 Å². The summed E-state index contributed by atoms with van der Waals surface area (Å²) in [6, 6.07) is 106. The molecule has 6 aliphatic heterocycles. The van der Waals surface area contributed by atoms with Crippen molar-refractivity contribution in [1.82, 2.24) is 0 Å². The van der Waals surface area contributed by atoms with Crippen molar-refractivity contribution in [3.05, 3.63) is 297 Å². The molecule has 6 aliphatic rings. The molecular formula is C78H49B2N5O4. The molecule has 416 valence electrons. The third-order valence-electron chi connectivity index (χ3n) is 18.2. The number of hydrogen-bond acceptors (Lipinski definition) is 9. The second kappa shape index (κ2) is 19.4. The molecule has 9 nitrogen and oxygen atoms in total. The smallest absolute Gasteiger partial charge is 0.256 e. The van der Waals surface area contributed by atoms with Gasteiger partial charge in [0.25, 0.3) is 13.4 Å². The van der Waals surface area contributed by atoms with Gasteiger partial charge in [-0.2, -0.15) is 0 Å². The minimum absolute atomic E-state index is 0.239. The van der Waals surface area contributed by atoms with Crippen LogP contribution in [0.15, 0.2) is 297 Å². The van der Waals surface area contributed by atoms with Crippen LogP contribution in [0.1, 0.15) is 0 Å². The second-order valence-corrected chi connectivity index (χ2v) is 23.1. The number of hydrogen-bond donors (Lipinski definition) is 0. The topological polar surface area (TPSA) is 53.1 Å². The largest absolute Gasteiger partial charge is 0.458 e. The minimum atomic E-state index is -0.398. The summed E-state index contributed by atoms with van der Waals surface area (Å²) in [6.45, 7) is -0.637. The van der Waals surface area contributed by atoms with Gasteiger partial charge >= 0.3 is 0 Å². The number of benzene rings is 13. The van der Waals surface area contributed by atoms with E-state index >= 15 is 0 Å². The third-order valence-corrected chi connectivity index (χ3v) is 18.2. The molecule has 0 saturated carbocycles. The Bertz CT molecular complexity index is 4940. The predicted octanol–water partition coefficient (Wildman–Crippen LogP) is 17.1. The molecule has 0 spiro atoms. The van der Waals surface area contributed by atoms with Crippen LogP contribution in [-0.2, 0) is 0 Å². The molecule has 0 aromatic heterocycles. The minimum Gasteiger partial charge on any atom is -0.458 e. The van der Waals surface area contributed by atoms with Gasteiger partial charge in [-0.25, -0.2) is 0 Å². The van der Waals surface area contributed by atoms with E-state index in [4.69, 9.17) is 18.9 Å². The first-order chi connectivity index (χ1) is 44.2. The molecule has 0 fully saturated rings. The van der Waals surface area contributed by atoms with Crippen molar-refractivity contribution in [2.45, 2.75) is 0 Å². The third kappa shape index (κ3) is 7.45. The molecule has 13 aromatic carbocycles. The fourth-order valence-corrected chi connectivity index (χ4v) is 14.6. The van der Waals surface area contributed by atoms with E-state index in [1.807, 2.05) is 24.3 Å². The summed E-state index contributed by atoms with van der Waals surface area (Å²) in [5.74, 6) is 5.75. The molecule has 13 aromatic rings. The number of rotatable bonds is 8. The van der Waals surface area contributed by atoms with E-state index < -0.39 is 6.71 Å². The molecule has 0 bridgehead atoms. The average molecular weight is 1140 g/mol. The van der Waals surface area contributed by atoms with Crippen LogP contribution in [0.4, 0.5) is 85.3 Å². The fraction of sp³-hybridized carbons (Fsp3) is 0. The maximum atomic E-state index is 7.71. The van der Waals surface area contributed by atoms with E-state index in [9.17, 15) is 0 Å². The number of nitrogens with zero attached hydrogens (tertiary/aromatic N) is 5. The van der Waals surface area contributed by atoms with E-state index in [2.05, 4.69) is 297 Å². The maximum absolute atomic E-state index is 7.71. The zero-order chi connectivity index (χ0) is 58.3. The highest BCUT2D eigenvalue weighted by Gasteiger charge is 2.50. The Morgan fingerprint density at radius 2 is 0.629 bits per heavy atom. The number of ether oxygens (including phenoxy) is 4. The molecule has 11 heteroatoms. The van der Waals surface area contributed by atoms with Crippen LogP contribution in [0.2, 0.25) is 0 Å². The van der Waals surface area contributed by atoms with Crippen molar-refractivity contribution in [2.75, 3.05) is 24.5 Å². The average Bonchev–Trinajstić information content (AvgIpc) is 0.720. The summed E-state index contributed by atoms with van der Waals surface area (Å²) in [5.41, 5.74) is 21.2. The highest BCUT2D eigenvalue weighted by molar-refractivity contribution is 7.02. The van der Waals surface area contributed by atoms with Gasteiger partial charge in [0.1, 0.15) is 22.9 Å². The monoisotopic (exact) mass is 1140 g/mol. The van der Waals surface area contributed by atoms with Crippen LogP contribution >= 0.6 is 0 Å². The zero-order valence-electron chi connectivity index (χ0n) is 47.8. The molecule has 0 amide bonds. The summed E-state index contributed by atoms with van der Waals surface area (Å²) >= 11 is 0. The van der Waals surface area contributed by atoms with Gasteiger partial charge < -0.3 is 38.5 Å². The molecule has 0 N–H and O–H groups in total. The first kappa shape index (κ1) is 49.5. The Balaban J connectivity index is 0.921. The Labute approximate surface area is 515 Å². The lowest BCUT2D eigenvalue weighted by molar-refractivity contribution is 0.408. The molecule has 6 heterocycles. The van der Waals surface area contributed by atoms with Crippen molar-refractivity contribution in [3.63, 3.8) is 0 Å². The first-order valence-electron chi connectivity index (χ1n) is 30.2. The van der Waals surface area contributed by atoms with Crippen molar-refractivity contribution in [2.24, 2.45) is 0 Å². The van der Waals surface area contributed by atoms with E-state index in [-0.39, 0.29) is 6.71 Å². The highest BCUT2D eigenvalue weighted by Crippen LogP contribution is 2.63. The van der Waals surface area contributed by atoms with Gasteiger partial charge in [0.15, 0.2) is 28.7 Å². The number of fused-ring (bicyclic) bond motifs is 13. The quantitative estimate of drug-likeness (QED) is 0.139. The van der Waals surface area contributed by atoms with Crippen LogP contribution in [0, 0.1) is 0 Å². The van der Waals surface area contributed by atoms with Crippen LogP contribution in [-0.4, -0.2) is 13.4 Å². The van der Waals surface area contributed by atoms with Gasteiger partial charge in [-0.15, -0.1) is 0 Å². The predicted molar refractivity (Wildman–Crippen MR) is 362 cm³/mol. The molecular weight excluding hydrogens is 1090 g/mol. The molecule has 89 heavy (non-hydrogen) atoms. The number of anilines is 15. The van der Waals surface area contributed by atoms with E-state index in [0.717, 1.165) is 147 Å². The lowest BCUT2D eigenvalue weighted by Gasteiger charge is -2.45. The summed E-state index contributed by atoms with van der Waals surface area (Å²) in [4.78, 5) is 11.9. The van der Waals surface area contributed by atoms with E-state index in [1.165, 1.54) is 0 Å². The normalized spacial score (nSPS) is 13.4.